The quantitative estimate of drug-likeness (QED) is 0.0261. The highest BCUT2D eigenvalue weighted by Crippen LogP contribution is 2.20. The first-order chi connectivity index (χ1) is 40.5. The monoisotopic (exact) mass is 1160 g/mol. The van der Waals surface area contributed by atoms with Crippen molar-refractivity contribution in [1.29, 1.82) is 0 Å². The zero-order valence-electron chi connectivity index (χ0n) is 56.1. The standard InChI is InChI=1S/C76H146O6/c1-4-7-10-13-16-19-22-25-28-31-33-35-37-38-39-40-42-43-45-48-51-54-57-60-63-66-69-75(78)81-72-73(71-80-74(77)68-65-62-59-56-53-50-47-30-27-24-21-18-15-12-9-6-3)82-76(79)70-67-64-61-58-55-52-49-46-44-41-36-34-32-29-26-23-20-17-14-11-8-5-2/h30,47,73H,4-29,31-46,48-72H2,1-3H3/b47-30-. The van der Waals surface area contributed by atoms with Gasteiger partial charge in [-0.1, -0.05) is 386 Å². The lowest BCUT2D eigenvalue weighted by molar-refractivity contribution is -0.167. The van der Waals surface area contributed by atoms with Crippen molar-refractivity contribution >= 4 is 17.9 Å². The van der Waals surface area contributed by atoms with E-state index in [2.05, 4.69) is 32.9 Å². The molecule has 0 saturated heterocycles. The summed E-state index contributed by atoms with van der Waals surface area (Å²) in [6.07, 6.45) is 86.9. The Kier molecular flexibility index (Phi) is 70.0. The van der Waals surface area contributed by atoms with Crippen LogP contribution in [0.5, 0.6) is 0 Å². The van der Waals surface area contributed by atoms with Crippen LogP contribution in [0.25, 0.3) is 0 Å². The van der Waals surface area contributed by atoms with Crippen LogP contribution in [0.1, 0.15) is 438 Å². The molecule has 82 heavy (non-hydrogen) atoms. The Morgan fingerprint density at radius 2 is 0.402 bits per heavy atom. The Morgan fingerprint density at radius 3 is 0.610 bits per heavy atom. The Balaban J connectivity index is 4.23. The maximum atomic E-state index is 13.0. The lowest BCUT2D eigenvalue weighted by atomic mass is 10.0. The average molecular weight is 1160 g/mol. The van der Waals surface area contributed by atoms with E-state index < -0.39 is 6.10 Å². The van der Waals surface area contributed by atoms with Crippen LogP contribution in [0.4, 0.5) is 0 Å². The molecule has 6 heteroatoms. The molecule has 0 fully saturated rings. The van der Waals surface area contributed by atoms with Gasteiger partial charge in [-0.25, -0.2) is 0 Å². The molecule has 0 aromatic rings. The maximum absolute atomic E-state index is 13.0. The van der Waals surface area contributed by atoms with Crippen molar-refractivity contribution in [1.82, 2.24) is 0 Å². The Labute approximate surface area is 513 Å². The first-order valence-corrected chi connectivity index (χ1v) is 37.7. The highest BCUT2D eigenvalue weighted by molar-refractivity contribution is 5.71. The molecular weight excluding hydrogens is 1010 g/mol. The Morgan fingerprint density at radius 1 is 0.232 bits per heavy atom. The van der Waals surface area contributed by atoms with Gasteiger partial charge in [0.25, 0.3) is 0 Å². The van der Waals surface area contributed by atoms with Gasteiger partial charge in [0.2, 0.25) is 0 Å². The van der Waals surface area contributed by atoms with Crippen LogP contribution in [-0.2, 0) is 28.6 Å². The minimum Gasteiger partial charge on any atom is -0.462 e. The molecule has 0 aromatic carbocycles. The summed E-state index contributed by atoms with van der Waals surface area (Å²) in [6, 6.07) is 0. The third kappa shape index (κ3) is 68.9. The molecular formula is C76H146O6. The van der Waals surface area contributed by atoms with Crippen LogP contribution in [0.15, 0.2) is 12.2 Å². The van der Waals surface area contributed by atoms with E-state index in [1.165, 1.54) is 334 Å². The van der Waals surface area contributed by atoms with Gasteiger partial charge in [-0.05, 0) is 44.9 Å². The maximum Gasteiger partial charge on any atom is 0.306 e. The molecule has 0 saturated carbocycles. The van der Waals surface area contributed by atoms with Crippen molar-refractivity contribution < 1.29 is 28.6 Å². The number of hydrogen-bond donors (Lipinski definition) is 0. The lowest BCUT2D eigenvalue weighted by Gasteiger charge is -2.18. The van der Waals surface area contributed by atoms with E-state index in [1.807, 2.05) is 0 Å². The highest BCUT2D eigenvalue weighted by Gasteiger charge is 2.20. The van der Waals surface area contributed by atoms with Gasteiger partial charge in [-0.3, -0.25) is 14.4 Å². The number of esters is 3. The van der Waals surface area contributed by atoms with Crippen molar-refractivity contribution in [2.45, 2.75) is 444 Å². The predicted molar refractivity (Wildman–Crippen MR) is 358 cm³/mol. The summed E-state index contributed by atoms with van der Waals surface area (Å²) >= 11 is 0. The second kappa shape index (κ2) is 71.6. The van der Waals surface area contributed by atoms with Crippen molar-refractivity contribution in [2.24, 2.45) is 0 Å². The summed E-state index contributed by atoms with van der Waals surface area (Å²) in [4.78, 5) is 38.5. The number of unbranched alkanes of at least 4 members (excludes halogenated alkanes) is 58. The topological polar surface area (TPSA) is 78.9 Å². The van der Waals surface area contributed by atoms with E-state index >= 15 is 0 Å². The van der Waals surface area contributed by atoms with Crippen molar-refractivity contribution in [3.63, 3.8) is 0 Å². The summed E-state index contributed by atoms with van der Waals surface area (Å²) in [6.45, 7) is 6.74. The molecule has 0 aromatic heterocycles. The number of carbonyl (C=O) groups excluding carboxylic acids is 3. The van der Waals surface area contributed by atoms with Crippen LogP contribution < -0.4 is 0 Å². The second-order valence-corrected chi connectivity index (χ2v) is 25.9. The number of ether oxygens (including phenoxy) is 3. The molecule has 0 aliphatic heterocycles. The van der Waals surface area contributed by atoms with Gasteiger partial charge in [0.1, 0.15) is 13.2 Å². The molecule has 1 atom stereocenters. The minimum absolute atomic E-state index is 0.0653. The largest absolute Gasteiger partial charge is 0.462 e. The zero-order valence-corrected chi connectivity index (χ0v) is 56.1. The lowest BCUT2D eigenvalue weighted by Crippen LogP contribution is -2.30. The van der Waals surface area contributed by atoms with E-state index in [9.17, 15) is 14.4 Å². The van der Waals surface area contributed by atoms with Crippen LogP contribution in [-0.4, -0.2) is 37.2 Å². The molecule has 0 aliphatic rings. The van der Waals surface area contributed by atoms with E-state index in [-0.39, 0.29) is 31.1 Å². The van der Waals surface area contributed by atoms with Gasteiger partial charge in [0.15, 0.2) is 6.10 Å². The first kappa shape index (κ1) is 80.2. The molecule has 486 valence electrons. The molecule has 0 heterocycles. The van der Waals surface area contributed by atoms with Crippen LogP contribution in [0, 0.1) is 0 Å². The van der Waals surface area contributed by atoms with Gasteiger partial charge in [-0.2, -0.15) is 0 Å². The van der Waals surface area contributed by atoms with Crippen molar-refractivity contribution in [3.8, 4) is 0 Å². The average Bonchev–Trinajstić information content (AvgIpc) is 3.48. The summed E-state index contributed by atoms with van der Waals surface area (Å²) in [5.74, 6) is -0.834. The third-order valence-corrected chi connectivity index (χ3v) is 17.5. The van der Waals surface area contributed by atoms with Crippen molar-refractivity contribution in [3.05, 3.63) is 12.2 Å². The molecule has 6 nitrogen and oxygen atoms in total. The summed E-state index contributed by atoms with van der Waals surface area (Å²) in [5.41, 5.74) is 0. The van der Waals surface area contributed by atoms with Gasteiger partial charge in [0.05, 0.1) is 0 Å². The number of hydrogen-bond acceptors (Lipinski definition) is 6. The summed E-state index contributed by atoms with van der Waals surface area (Å²) in [7, 11) is 0. The third-order valence-electron chi connectivity index (χ3n) is 17.5. The second-order valence-electron chi connectivity index (χ2n) is 25.9. The molecule has 0 bridgehead atoms. The van der Waals surface area contributed by atoms with E-state index in [1.54, 1.807) is 0 Å². The fourth-order valence-electron chi connectivity index (χ4n) is 11.9. The first-order valence-electron chi connectivity index (χ1n) is 37.7. The summed E-state index contributed by atoms with van der Waals surface area (Å²) in [5, 5.41) is 0. The fourth-order valence-corrected chi connectivity index (χ4v) is 11.9. The fraction of sp³-hybridized carbons (Fsp3) is 0.934. The SMILES string of the molecule is CCCCCCCCC/C=C\CCCCCCCC(=O)OCC(COC(=O)CCCCCCCCCCCCCCCCCCCCCCCCCCCC)OC(=O)CCCCCCCCCCCCCCCCCCCCCCCC. The van der Waals surface area contributed by atoms with Gasteiger partial charge >= 0.3 is 17.9 Å². The predicted octanol–water partition coefficient (Wildman–Crippen LogP) is 26.0. The normalized spacial score (nSPS) is 12.0. The van der Waals surface area contributed by atoms with Gasteiger partial charge in [-0.15, -0.1) is 0 Å². The smallest absolute Gasteiger partial charge is 0.306 e. The Bertz CT molecular complexity index is 1280. The minimum atomic E-state index is -0.770. The highest BCUT2D eigenvalue weighted by atomic mass is 16.6. The van der Waals surface area contributed by atoms with Crippen LogP contribution >= 0.6 is 0 Å². The molecule has 0 aliphatic carbocycles. The molecule has 0 amide bonds. The van der Waals surface area contributed by atoms with Crippen LogP contribution in [0.3, 0.4) is 0 Å². The van der Waals surface area contributed by atoms with E-state index in [0.29, 0.717) is 19.3 Å². The van der Waals surface area contributed by atoms with Crippen molar-refractivity contribution in [2.75, 3.05) is 13.2 Å². The molecule has 0 radical (unpaired) electrons. The molecule has 0 rings (SSSR count). The number of allylic oxidation sites excluding steroid dienone is 2. The molecule has 0 N–H and O–H groups in total. The molecule has 1 unspecified atom stereocenters. The molecule has 0 spiro atoms. The van der Waals surface area contributed by atoms with Gasteiger partial charge < -0.3 is 14.2 Å². The Hall–Kier alpha value is -1.85. The van der Waals surface area contributed by atoms with Gasteiger partial charge in [0, 0.05) is 19.3 Å². The number of rotatable bonds is 71. The van der Waals surface area contributed by atoms with Crippen LogP contribution in [0.2, 0.25) is 0 Å². The zero-order chi connectivity index (χ0) is 59.2. The number of carbonyl (C=O) groups is 3. The van der Waals surface area contributed by atoms with E-state index in [4.69, 9.17) is 14.2 Å². The van der Waals surface area contributed by atoms with E-state index in [0.717, 1.165) is 64.2 Å². The summed E-state index contributed by atoms with van der Waals surface area (Å²) < 4.78 is 17.0.